The zero-order chi connectivity index (χ0) is 21.5. The van der Waals surface area contributed by atoms with Crippen LogP contribution in [0.5, 0.6) is 0 Å². The molecule has 0 radical (unpaired) electrons. The first kappa shape index (κ1) is 24.8. The maximum absolute atomic E-state index is 11.7. The van der Waals surface area contributed by atoms with Gasteiger partial charge in [-0.15, -0.1) is 0 Å². The molecule has 2 N–H and O–H groups in total. The number of nitrogens with zero attached hydrogens (tertiary/aromatic N) is 1. The molecule has 0 fully saturated rings. The van der Waals surface area contributed by atoms with Crippen molar-refractivity contribution < 1.29 is 38.2 Å². The lowest BCUT2D eigenvalue weighted by molar-refractivity contribution is -0.131. The minimum absolute atomic E-state index is 0.0941. The molecular weight excluding hydrogens is 386 g/mol. The quantitative estimate of drug-likeness (QED) is 0.335. The SMILES string of the molecule is CC(C)(C)OC(=O)NOCC(=O)NCCOCCOCCN1COCC=CC1=O. The molecule has 0 unspecified atom stereocenters. The Hall–Kier alpha value is -2.21. The van der Waals surface area contributed by atoms with E-state index in [4.69, 9.17) is 23.8 Å². The average Bonchev–Trinajstić information content (AvgIpc) is 2.83. The number of ether oxygens (including phenoxy) is 4. The van der Waals surface area contributed by atoms with E-state index in [2.05, 4.69) is 5.32 Å². The van der Waals surface area contributed by atoms with Crippen LogP contribution >= 0.6 is 0 Å². The third-order valence-electron chi connectivity index (χ3n) is 3.24. The third-order valence-corrected chi connectivity index (χ3v) is 3.24. The Morgan fingerprint density at radius 2 is 1.90 bits per heavy atom. The highest BCUT2D eigenvalue weighted by molar-refractivity contribution is 5.87. The van der Waals surface area contributed by atoms with E-state index in [0.717, 1.165) is 0 Å². The Morgan fingerprint density at radius 3 is 2.62 bits per heavy atom. The Kier molecular flexibility index (Phi) is 11.9. The predicted molar refractivity (Wildman–Crippen MR) is 102 cm³/mol. The molecule has 1 aliphatic heterocycles. The number of hydroxylamine groups is 1. The van der Waals surface area contributed by atoms with Gasteiger partial charge in [-0.2, -0.15) is 5.48 Å². The normalized spacial score (nSPS) is 14.4. The van der Waals surface area contributed by atoms with Crippen LogP contribution in [0.25, 0.3) is 0 Å². The van der Waals surface area contributed by atoms with Crippen molar-refractivity contribution in [3.63, 3.8) is 0 Å². The van der Waals surface area contributed by atoms with Crippen LogP contribution in [0.15, 0.2) is 12.2 Å². The van der Waals surface area contributed by atoms with Gasteiger partial charge in [0.1, 0.15) is 12.3 Å². The van der Waals surface area contributed by atoms with Crippen LogP contribution in [0.3, 0.4) is 0 Å². The molecule has 0 saturated heterocycles. The minimum atomic E-state index is -0.766. The molecule has 1 heterocycles. The van der Waals surface area contributed by atoms with Gasteiger partial charge in [0.05, 0.1) is 33.0 Å². The molecule has 0 aromatic heterocycles. The molecule has 0 bridgehead atoms. The van der Waals surface area contributed by atoms with E-state index in [9.17, 15) is 14.4 Å². The van der Waals surface area contributed by atoms with Crippen molar-refractivity contribution in [3.8, 4) is 0 Å². The first-order valence-corrected chi connectivity index (χ1v) is 9.34. The Labute approximate surface area is 170 Å². The maximum Gasteiger partial charge on any atom is 0.431 e. The number of hydrogen-bond acceptors (Lipinski definition) is 8. The lowest BCUT2D eigenvalue weighted by atomic mass is 10.2. The molecule has 11 nitrogen and oxygen atoms in total. The van der Waals surface area contributed by atoms with E-state index in [1.165, 1.54) is 6.08 Å². The summed E-state index contributed by atoms with van der Waals surface area (Å²) < 4.78 is 20.9. The fourth-order valence-electron chi connectivity index (χ4n) is 1.99. The summed E-state index contributed by atoms with van der Waals surface area (Å²) >= 11 is 0. The Bertz CT molecular complexity index is 548. The molecule has 0 aromatic rings. The van der Waals surface area contributed by atoms with Crippen molar-refractivity contribution in [3.05, 3.63) is 12.2 Å². The summed E-state index contributed by atoms with van der Waals surface area (Å²) in [7, 11) is 0. The van der Waals surface area contributed by atoms with Crippen molar-refractivity contribution in [1.29, 1.82) is 0 Å². The summed E-state index contributed by atoms with van der Waals surface area (Å²) in [5, 5.41) is 2.57. The summed E-state index contributed by atoms with van der Waals surface area (Å²) in [5.41, 5.74) is 1.38. The summed E-state index contributed by atoms with van der Waals surface area (Å²) in [6, 6.07) is 0. The summed E-state index contributed by atoms with van der Waals surface area (Å²) in [6.45, 7) is 7.64. The highest BCUT2D eigenvalue weighted by Gasteiger charge is 2.16. The predicted octanol–water partition coefficient (Wildman–Crippen LogP) is -0.0354. The molecule has 0 aromatic carbocycles. The minimum Gasteiger partial charge on any atom is -0.442 e. The molecule has 1 rings (SSSR count). The zero-order valence-electron chi connectivity index (χ0n) is 17.2. The highest BCUT2D eigenvalue weighted by Crippen LogP contribution is 2.06. The van der Waals surface area contributed by atoms with Gasteiger partial charge in [0.2, 0.25) is 11.8 Å². The van der Waals surface area contributed by atoms with E-state index in [-0.39, 0.29) is 19.2 Å². The van der Waals surface area contributed by atoms with Gasteiger partial charge >= 0.3 is 6.09 Å². The van der Waals surface area contributed by atoms with Crippen LogP contribution in [0.2, 0.25) is 0 Å². The number of carbonyl (C=O) groups excluding carboxylic acids is 3. The van der Waals surface area contributed by atoms with Gasteiger partial charge in [-0.1, -0.05) is 6.08 Å². The molecule has 0 saturated carbocycles. The Morgan fingerprint density at radius 1 is 1.17 bits per heavy atom. The number of hydrogen-bond donors (Lipinski definition) is 2. The summed E-state index contributed by atoms with van der Waals surface area (Å²) in [4.78, 5) is 40.8. The lowest BCUT2D eigenvalue weighted by Crippen LogP contribution is -2.37. The Balaban J connectivity index is 1.91. The van der Waals surface area contributed by atoms with Crippen LogP contribution in [0, 0.1) is 0 Å². The van der Waals surface area contributed by atoms with Crippen LogP contribution in [-0.2, 0) is 33.4 Å². The smallest absolute Gasteiger partial charge is 0.431 e. The van der Waals surface area contributed by atoms with E-state index >= 15 is 0 Å². The van der Waals surface area contributed by atoms with E-state index in [0.29, 0.717) is 46.1 Å². The first-order chi connectivity index (χ1) is 13.8. The van der Waals surface area contributed by atoms with Crippen molar-refractivity contribution in [2.45, 2.75) is 26.4 Å². The van der Waals surface area contributed by atoms with Crippen LogP contribution in [-0.4, -0.2) is 87.9 Å². The van der Waals surface area contributed by atoms with E-state index < -0.39 is 17.6 Å². The van der Waals surface area contributed by atoms with Gasteiger partial charge in [-0.3, -0.25) is 14.4 Å². The van der Waals surface area contributed by atoms with Gasteiger partial charge in [-0.25, -0.2) is 4.79 Å². The van der Waals surface area contributed by atoms with Crippen molar-refractivity contribution in [1.82, 2.24) is 15.7 Å². The maximum atomic E-state index is 11.7. The number of nitrogens with one attached hydrogen (secondary N) is 2. The van der Waals surface area contributed by atoms with E-state index in [1.54, 1.807) is 31.7 Å². The average molecular weight is 417 g/mol. The second kappa shape index (κ2) is 13.9. The van der Waals surface area contributed by atoms with E-state index in [1.807, 2.05) is 5.48 Å². The summed E-state index contributed by atoms with van der Waals surface area (Å²) in [5.74, 6) is -0.498. The van der Waals surface area contributed by atoms with Crippen molar-refractivity contribution >= 4 is 17.9 Å². The second-order valence-electron chi connectivity index (χ2n) is 6.97. The molecule has 3 amide bonds. The molecule has 0 atom stereocenters. The number of rotatable bonds is 12. The van der Waals surface area contributed by atoms with Crippen LogP contribution in [0.1, 0.15) is 20.8 Å². The van der Waals surface area contributed by atoms with Crippen LogP contribution < -0.4 is 10.8 Å². The van der Waals surface area contributed by atoms with Gasteiger partial charge in [0, 0.05) is 19.2 Å². The number of carbonyl (C=O) groups is 3. The molecular formula is C18H31N3O8. The van der Waals surface area contributed by atoms with Crippen molar-refractivity contribution in [2.75, 3.05) is 59.5 Å². The van der Waals surface area contributed by atoms with Gasteiger partial charge < -0.3 is 29.2 Å². The molecule has 29 heavy (non-hydrogen) atoms. The molecule has 11 heteroatoms. The lowest BCUT2D eigenvalue weighted by Gasteiger charge is -2.19. The molecule has 0 spiro atoms. The monoisotopic (exact) mass is 417 g/mol. The molecule has 1 aliphatic rings. The molecule has 166 valence electrons. The first-order valence-electron chi connectivity index (χ1n) is 9.34. The molecule has 0 aliphatic carbocycles. The van der Waals surface area contributed by atoms with Crippen molar-refractivity contribution in [2.24, 2.45) is 0 Å². The van der Waals surface area contributed by atoms with Crippen LogP contribution in [0.4, 0.5) is 4.79 Å². The fourth-order valence-corrected chi connectivity index (χ4v) is 1.99. The third kappa shape index (κ3) is 13.6. The fraction of sp³-hybridized carbons (Fsp3) is 0.722. The summed E-state index contributed by atoms with van der Waals surface area (Å²) in [6.07, 6.45) is 2.40. The highest BCUT2D eigenvalue weighted by atomic mass is 16.7. The van der Waals surface area contributed by atoms with Gasteiger partial charge in [0.15, 0.2) is 6.61 Å². The van der Waals surface area contributed by atoms with Gasteiger partial charge in [0.25, 0.3) is 0 Å². The van der Waals surface area contributed by atoms with Gasteiger partial charge in [-0.05, 0) is 20.8 Å². The topological polar surface area (TPSA) is 125 Å². The number of amides is 3. The second-order valence-corrected chi connectivity index (χ2v) is 6.97. The largest absolute Gasteiger partial charge is 0.442 e. The zero-order valence-corrected chi connectivity index (χ0v) is 17.2. The standard InChI is InChI=1S/C18H31N3O8/c1-18(2,3)29-17(24)20-28-13-15(22)19-6-9-25-11-12-26-10-7-21-14-27-8-4-5-16(21)23/h4-5H,6-14H2,1-3H3,(H,19,22)(H,20,24).